The number of thiazole rings is 1. The summed E-state index contributed by atoms with van der Waals surface area (Å²) < 4.78 is 0. The molecule has 1 aliphatic heterocycles. The first kappa shape index (κ1) is 29.4. The van der Waals surface area contributed by atoms with E-state index in [-0.39, 0.29) is 39.6 Å². The van der Waals surface area contributed by atoms with Crippen LogP contribution in [0.3, 0.4) is 0 Å². The molecule has 0 radical (unpaired) electrons. The molecule has 1 aromatic carbocycles. The second-order valence-electron chi connectivity index (χ2n) is 9.19. The summed E-state index contributed by atoms with van der Waals surface area (Å²) in [4.78, 5) is 61.1. The molecule has 0 saturated carbocycles. The minimum Gasteiger partial charge on any atom is -0.369 e. The first-order valence-electron chi connectivity index (χ1n) is 11.7. The highest BCUT2D eigenvalue weighted by atomic mass is 35.5. The van der Waals surface area contributed by atoms with Crippen molar-refractivity contribution in [3.05, 3.63) is 44.4 Å². The number of anilines is 1. The van der Waals surface area contributed by atoms with Gasteiger partial charge in [-0.25, -0.2) is 4.98 Å². The fourth-order valence-corrected chi connectivity index (χ4v) is 5.05. The Morgan fingerprint density at radius 3 is 2.55 bits per heavy atom. The van der Waals surface area contributed by atoms with Crippen LogP contribution in [-0.4, -0.2) is 103 Å². The number of nitrogens with one attached hydrogen (secondary N) is 3. The van der Waals surface area contributed by atoms with E-state index in [1.54, 1.807) is 28.2 Å². The third kappa shape index (κ3) is 7.25. The molecular weight excluding hydrogens is 550 g/mol. The zero-order valence-corrected chi connectivity index (χ0v) is 24.1. The molecule has 38 heavy (non-hydrogen) atoms. The van der Waals surface area contributed by atoms with Gasteiger partial charge in [0.1, 0.15) is 6.04 Å². The molecular formula is C24H30ClN7O4S2. The Morgan fingerprint density at radius 2 is 1.89 bits per heavy atom. The minimum atomic E-state index is -1.01. The number of carbonyl (C=O) groups is 4. The van der Waals surface area contributed by atoms with Crippen molar-refractivity contribution < 1.29 is 19.2 Å². The largest absolute Gasteiger partial charge is 0.369 e. The molecule has 0 aliphatic carbocycles. The molecule has 1 atom stereocenters. The molecule has 0 saturated heterocycles. The van der Waals surface area contributed by atoms with Gasteiger partial charge in [-0.3, -0.25) is 19.2 Å². The van der Waals surface area contributed by atoms with Crippen LogP contribution in [0.2, 0.25) is 5.02 Å². The highest BCUT2D eigenvalue weighted by Crippen LogP contribution is 2.25. The molecule has 0 spiro atoms. The van der Waals surface area contributed by atoms with Crippen molar-refractivity contribution in [2.45, 2.75) is 19.0 Å². The summed E-state index contributed by atoms with van der Waals surface area (Å²) in [5, 5.41) is 8.67. The number of amides is 4. The predicted molar refractivity (Wildman–Crippen MR) is 151 cm³/mol. The van der Waals surface area contributed by atoms with Crippen molar-refractivity contribution in [1.82, 2.24) is 30.3 Å². The van der Waals surface area contributed by atoms with E-state index >= 15 is 0 Å². The van der Waals surface area contributed by atoms with Crippen LogP contribution in [0, 0.1) is 0 Å². The molecule has 204 valence electrons. The lowest BCUT2D eigenvalue weighted by Gasteiger charge is -2.22. The van der Waals surface area contributed by atoms with E-state index in [1.165, 1.54) is 39.3 Å². The number of likely N-dealkylation sites (N-methyl/N-ethyl adjacent to an activating group) is 2. The fraction of sp³-hybridized carbons (Fsp3) is 0.417. The van der Waals surface area contributed by atoms with E-state index in [2.05, 4.69) is 25.8 Å². The van der Waals surface area contributed by atoms with Gasteiger partial charge in [-0.05, 0) is 25.2 Å². The van der Waals surface area contributed by atoms with E-state index in [0.717, 1.165) is 30.1 Å². The fourth-order valence-electron chi connectivity index (χ4n) is 3.65. The van der Waals surface area contributed by atoms with Crippen LogP contribution >= 0.6 is 35.2 Å². The molecule has 1 unspecified atom stereocenters. The Labute approximate surface area is 235 Å². The Balaban J connectivity index is 1.67. The Hall–Kier alpha value is -3.13. The molecule has 1 aromatic heterocycles. The summed E-state index contributed by atoms with van der Waals surface area (Å²) >= 11 is 12.5. The molecule has 4 amide bonds. The summed E-state index contributed by atoms with van der Waals surface area (Å²) in [5.41, 5.74) is 1.33. The van der Waals surface area contributed by atoms with Crippen LogP contribution < -0.4 is 16.0 Å². The second-order valence-corrected chi connectivity index (χ2v) is 11.1. The van der Waals surface area contributed by atoms with Gasteiger partial charge >= 0.3 is 0 Å². The maximum atomic E-state index is 13.0. The van der Waals surface area contributed by atoms with Gasteiger partial charge < -0.3 is 30.7 Å². The first-order chi connectivity index (χ1) is 17.9. The standard InChI is InChI=1S/C24H30ClN7O4S2/c1-30(2)23(35)14-10-13(25)6-7-15(14)27-19(33)21(37)26-11-17(24(36)31(3)4)28-20(34)22-29-16-8-9-32(5)12-18(16)38-22/h6-7,10,17H,8-9,11-12H2,1-5H3,(H,26,37)(H,27,33)(H,28,34). The maximum absolute atomic E-state index is 13.0. The van der Waals surface area contributed by atoms with Crippen LogP contribution in [0.15, 0.2) is 18.2 Å². The summed E-state index contributed by atoms with van der Waals surface area (Å²) in [5.74, 6) is -1.89. The molecule has 11 nitrogen and oxygen atoms in total. The van der Waals surface area contributed by atoms with Gasteiger partial charge in [-0.1, -0.05) is 23.8 Å². The van der Waals surface area contributed by atoms with Gasteiger partial charge in [0.05, 0.1) is 16.9 Å². The highest BCUT2D eigenvalue weighted by molar-refractivity contribution is 7.82. The van der Waals surface area contributed by atoms with Gasteiger partial charge in [0, 0.05) is 64.1 Å². The number of hydrogen-bond donors (Lipinski definition) is 3. The summed E-state index contributed by atoms with van der Waals surface area (Å²) in [6.07, 6.45) is 0.760. The highest BCUT2D eigenvalue weighted by Gasteiger charge is 2.27. The Kier molecular flexibility index (Phi) is 9.77. The molecule has 2 heterocycles. The third-order valence-electron chi connectivity index (χ3n) is 5.70. The first-order valence-corrected chi connectivity index (χ1v) is 13.3. The van der Waals surface area contributed by atoms with Gasteiger partial charge in [-0.15, -0.1) is 11.3 Å². The number of thiocarbonyl (C=S) groups is 1. The molecule has 1 aliphatic rings. The second kappa shape index (κ2) is 12.6. The van der Waals surface area contributed by atoms with E-state index in [1.807, 2.05) is 7.05 Å². The zero-order chi connectivity index (χ0) is 28.1. The zero-order valence-electron chi connectivity index (χ0n) is 21.8. The number of rotatable bonds is 7. The number of carbonyl (C=O) groups excluding carboxylic acids is 4. The SMILES string of the molecule is CN1CCc2nc(C(=O)NC(CNC(=S)C(=O)Nc3ccc(Cl)cc3C(=O)N(C)C)C(=O)N(C)C)sc2C1. The number of benzene rings is 1. The van der Waals surface area contributed by atoms with Crippen LogP contribution in [-0.2, 0) is 22.6 Å². The van der Waals surface area contributed by atoms with E-state index in [4.69, 9.17) is 23.8 Å². The summed E-state index contributed by atoms with van der Waals surface area (Å²) in [6, 6.07) is 3.49. The van der Waals surface area contributed by atoms with E-state index in [0.29, 0.717) is 5.02 Å². The number of hydrogen-bond acceptors (Lipinski definition) is 8. The molecule has 14 heteroatoms. The van der Waals surface area contributed by atoms with Gasteiger partial charge in [0.15, 0.2) is 10.00 Å². The van der Waals surface area contributed by atoms with Crippen molar-refractivity contribution in [3.63, 3.8) is 0 Å². The molecule has 0 fully saturated rings. The lowest BCUT2D eigenvalue weighted by molar-refractivity contribution is -0.130. The lowest BCUT2D eigenvalue weighted by atomic mass is 10.1. The van der Waals surface area contributed by atoms with Gasteiger partial charge in [0.2, 0.25) is 5.91 Å². The molecule has 0 bridgehead atoms. The average Bonchev–Trinajstić information content (AvgIpc) is 3.29. The number of nitrogens with zero attached hydrogens (tertiary/aromatic N) is 4. The van der Waals surface area contributed by atoms with E-state index in [9.17, 15) is 19.2 Å². The lowest BCUT2D eigenvalue weighted by Crippen LogP contribution is -2.53. The monoisotopic (exact) mass is 579 g/mol. The molecule has 3 rings (SSSR count). The third-order valence-corrected chi connectivity index (χ3v) is 7.35. The quantitative estimate of drug-likeness (QED) is 0.418. The van der Waals surface area contributed by atoms with Crippen LogP contribution in [0.4, 0.5) is 5.69 Å². The summed E-state index contributed by atoms with van der Waals surface area (Å²) in [7, 11) is 8.29. The van der Waals surface area contributed by atoms with Crippen molar-refractivity contribution >= 4 is 69.5 Å². The summed E-state index contributed by atoms with van der Waals surface area (Å²) in [6.45, 7) is 1.46. The van der Waals surface area contributed by atoms with Crippen LogP contribution in [0.1, 0.15) is 30.7 Å². The number of halogens is 1. The van der Waals surface area contributed by atoms with Gasteiger partial charge in [0.25, 0.3) is 17.7 Å². The van der Waals surface area contributed by atoms with E-state index < -0.39 is 17.9 Å². The van der Waals surface area contributed by atoms with Gasteiger partial charge in [-0.2, -0.15) is 0 Å². The smallest absolute Gasteiger partial charge is 0.283 e. The Morgan fingerprint density at radius 1 is 1.18 bits per heavy atom. The minimum absolute atomic E-state index is 0.132. The van der Waals surface area contributed by atoms with Crippen molar-refractivity contribution in [2.24, 2.45) is 0 Å². The molecule has 3 N–H and O–H groups in total. The maximum Gasteiger partial charge on any atom is 0.283 e. The molecule has 2 aromatic rings. The van der Waals surface area contributed by atoms with Crippen LogP contribution in [0.5, 0.6) is 0 Å². The van der Waals surface area contributed by atoms with Crippen LogP contribution in [0.25, 0.3) is 0 Å². The van der Waals surface area contributed by atoms with Crippen molar-refractivity contribution in [3.8, 4) is 0 Å². The predicted octanol–water partition coefficient (Wildman–Crippen LogP) is 1.23. The topological polar surface area (TPSA) is 127 Å². The normalized spacial score (nSPS) is 13.6. The number of fused-ring (bicyclic) bond motifs is 1. The average molecular weight is 580 g/mol. The number of aromatic nitrogens is 1. The van der Waals surface area contributed by atoms with Crippen molar-refractivity contribution in [1.29, 1.82) is 0 Å². The Bertz CT molecular complexity index is 1260. The van der Waals surface area contributed by atoms with Crippen molar-refractivity contribution in [2.75, 3.05) is 53.6 Å².